The molecule has 2 nitrogen and oxygen atoms in total. The topological polar surface area (TPSA) is 29.5 Å². The molecule has 1 N–H and O–H groups in total. The summed E-state index contributed by atoms with van der Waals surface area (Å²) < 4.78 is 33.9. The number of hydrogen-bond donors (Lipinski definition) is 1. The first-order chi connectivity index (χ1) is 12.4. The Bertz CT molecular complexity index is 811. The van der Waals surface area contributed by atoms with Gasteiger partial charge in [-0.05, 0) is 61.1 Å². The van der Waals surface area contributed by atoms with Crippen LogP contribution in [0.3, 0.4) is 0 Å². The normalized spacial score (nSPS) is 19.1. The Balaban J connectivity index is 1.81. The van der Waals surface area contributed by atoms with Crippen molar-refractivity contribution in [3.63, 3.8) is 0 Å². The fraction of sp³-hybridized carbons (Fsp3) is 0.400. The van der Waals surface area contributed by atoms with Crippen molar-refractivity contribution in [2.45, 2.75) is 45.1 Å². The highest BCUT2D eigenvalue weighted by molar-refractivity contribution is 6.31. The highest BCUT2D eigenvalue weighted by Gasteiger charge is 2.31. The lowest BCUT2D eigenvalue weighted by Crippen LogP contribution is -2.34. The van der Waals surface area contributed by atoms with Crippen molar-refractivity contribution in [3.05, 3.63) is 57.1 Å². The largest absolute Gasteiger partial charge is 0.505 e. The van der Waals surface area contributed by atoms with Crippen LogP contribution < -0.4 is 4.74 Å². The van der Waals surface area contributed by atoms with Crippen LogP contribution in [0.2, 0.25) is 10.0 Å². The van der Waals surface area contributed by atoms with Gasteiger partial charge in [0, 0.05) is 16.0 Å². The van der Waals surface area contributed by atoms with E-state index < -0.39 is 17.4 Å². The van der Waals surface area contributed by atoms with Crippen molar-refractivity contribution in [2.75, 3.05) is 0 Å². The molecule has 0 radical (unpaired) electrons. The zero-order valence-electron chi connectivity index (χ0n) is 14.4. The Kier molecular flexibility index (Phi) is 5.93. The van der Waals surface area contributed by atoms with Gasteiger partial charge in [-0.3, -0.25) is 0 Å². The predicted molar refractivity (Wildman–Crippen MR) is 99.3 cm³/mol. The molecule has 2 unspecified atom stereocenters. The van der Waals surface area contributed by atoms with Gasteiger partial charge in [-0.25, -0.2) is 8.78 Å². The molecule has 0 aromatic heterocycles. The van der Waals surface area contributed by atoms with E-state index in [2.05, 4.69) is 6.92 Å². The zero-order chi connectivity index (χ0) is 18.8. The molecule has 0 spiro atoms. The standard InChI is InChI=1S/C20H20Cl2F2O2/c1-2-3-11-6-13-8-15(22)10-17(24)20(13)26-18(11)5-4-12-7-14(21)9-16(23)19(12)25/h7-11,18,25H,2-6H2,1H3. The maximum atomic E-state index is 14.2. The van der Waals surface area contributed by atoms with Gasteiger partial charge in [-0.1, -0.05) is 36.5 Å². The molecule has 1 aliphatic rings. The van der Waals surface area contributed by atoms with Crippen molar-refractivity contribution >= 4 is 23.2 Å². The molecule has 0 amide bonds. The fourth-order valence-corrected chi connectivity index (χ4v) is 4.07. The molecular weight excluding hydrogens is 381 g/mol. The van der Waals surface area contributed by atoms with Crippen LogP contribution in [-0.4, -0.2) is 11.2 Å². The third-order valence-corrected chi connectivity index (χ3v) is 5.26. The van der Waals surface area contributed by atoms with E-state index in [9.17, 15) is 13.9 Å². The maximum Gasteiger partial charge on any atom is 0.166 e. The quantitative estimate of drug-likeness (QED) is 0.635. The summed E-state index contributed by atoms with van der Waals surface area (Å²) in [6, 6.07) is 5.62. The SMILES string of the molecule is CCCC1Cc2cc(Cl)cc(F)c2OC1CCc1cc(Cl)cc(F)c1O. The summed E-state index contributed by atoms with van der Waals surface area (Å²) in [4.78, 5) is 0. The van der Waals surface area contributed by atoms with Crippen molar-refractivity contribution in [2.24, 2.45) is 5.92 Å². The van der Waals surface area contributed by atoms with Crippen molar-refractivity contribution in [1.82, 2.24) is 0 Å². The molecule has 0 aliphatic carbocycles. The van der Waals surface area contributed by atoms with E-state index in [1.54, 1.807) is 12.1 Å². The Morgan fingerprint density at radius 1 is 1.08 bits per heavy atom. The van der Waals surface area contributed by atoms with Gasteiger partial charge in [0.05, 0.1) is 0 Å². The number of phenolic OH excluding ortho intramolecular Hbond substituents is 1. The molecule has 0 saturated heterocycles. The minimum Gasteiger partial charge on any atom is -0.505 e. The number of phenols is 1. The van der Waals surface area contributed by atoms with Crippen molar-refractivity contribution in [1.29, 1.82) is 0 Å². The molecule has 0 fully saturated rings. The van der Waals surface area contributed by atoms with Gasteiger partial charge in [-0.2, -0.15) is 0 Å². The van der Waals surface area contributed by atoms with E-state index in [1.807, 2.05) is 0 Å². The van der Waals surface area contributed by atoms with Crippen LogP contribution in [0, 0.1) is 17.6 Å². The van der Waals surface area contributed by atoms with E-state index in [4.69, 9.17) is 27.9 Å². The monoisotopic (exact) mass is 400 g/mol. The number of rotatable bonds is 5. The first kappa shape index (κ1) is 19.2. The Hall–Kier alpha value is -1.52. The molecular formula is C20H20Cl2F2O2. The smallest absolute Gasteiger partial charge is 0.166 e. The molecule has 0 saturated carbocycles. The van der Waals surface area contributed by atoms with Crippen LogP contribution in [0.1, 0.15) is 37.3 Å². The fourth-order valence-electron chi connectivity index (χ4n) is 3.62. The maximum absolute atomic E-state index is 14.2. The van der Waals surface area contributed by atoms with Crippen LogP contribution in [0.4, 0.5) is 8.78 Å². The molecule has 2 aromatic carbocycles. The average molecular weight is 401 g/mol. The second-order valence-corrected chi connectivity index (χ2v) is 7.59. The van der Waals surface area contributed by atoms with Crippen molar-refractivity contribution < 1.29 is 18.6 Å². The number of hydrogen-bond acceptors (Lipinski definition) is 2. The van der Waals surface area contributed by atoms with E-state index in [0.29, 0.717) is 29.8 Å². The van der Waals surface area contributed by atoms with Crippen LogP contribution in [0.25, 0.3) is 0 Å². The summed E-state index contributed by atoms with van der Waals surface area (Å²) in [6.07, 6.45) is 3.27. The highest BCUT2D eigenvalue weighted by Crippen LogP contribution is 2.38. The number of ether oxygens (including phenoxy) is 1. The third-order valence-electron chi connectivity index (χ3n) is 4.83. The summed E-state index contributed by atoms with van der Waals surface area (Å²) >= 11 is 11.8. The lowest BCUT2D eigenvalue weighted by atomic mass is 9.84. The van der Waals surface area contributed by atoms with Crippen LogP contribution in [0.15, 0.2) is 24.3 Å². The van der Waals surface area contributed by atoms with Gasteiger partial charge >= 0.3 is 0 Å². The lowest BCUT2D eigenvalue weighted by Gasteiger charge is -2.34. The Labute approximate surface area is 161 Å². The minimum atomic E-state index is -0.742. The molecule has 1 heterocycles. The van der Waals surface area contributed by atoms with E-state index in [-0.39, 0.29) is 22.8 Å². The van der Waals surface area contributed by atoms with Crippen LogP contribution in [-0.2, 0) is 12.8 Å². The molecule has 0 bridgehead atoms. The first-order valence-electron chi connectivity index (χ1n) is 8.70. The summed E-state index contributed by atoms with van der Waals surface area (Å²) in [7, 11) is 0. The number of halogens is 4. The lowest BCUT2D eigenvalue weighted by molar-refractivity contribution is 0.0932. The molecule has 1 aliphatic heterocycles. The summed E-state index contributed by atoms with van der Waals surface area (Å²) in [5.74, 6) is -1.15. The highest BCUT2D eigenvalue weighted by atomic mass is 35.5. The van der Waals surface area contributed by atoms with Gasteiger partial charge in [-0.15, -0.1) is 0 Å². The van der Waals surface area contributed by atoms with Crippen molar-refractivity contribution in [3.8, 4) is 11.5 Å². The summed E-state index contributed by atoms with van der Waals surface area (Å²) in [6.45, 7) is 2.09. The minimum absolute atomic E-state index is 0.205. The van der Waals surface area contributed by atoms with Crippen LogP contribution >= 0.6 is 23.2 Å². The average Bonchev–Trinajstić information content (AvgIpc) is 2.57. The molecule has 2 atom stereocenters. The van der Waals surface area contributed by atoms with E-state index in [1.165, 1.54) is 6.07 Å². The van der Waals surface area contributed by atoms with Gasteiger partial charge in [0.2, 0.25) is 0 Å². The predicted octanol–water partition coefficient (Wildman–Crippen LogP) is 6.33. The Morgan fingerprint density at radius 2 is 1.77 bits per heavy atom. The van der Waals surface area contributed by atoms with Gasteiger partial charge in [0.25, 0.3) is 0 Å². The molecule has 140 valence electrons. The molecule has 2 aromatic rings. The second-order valence-electron chi connectivity index (χ2n) is 6.72. The number of fused-ring (bicyclic) bond motifs is 1. The Morgan fingerprint density at radius 3 is 2.50 bits per heavy atom. The zero-order valence-corrected chi connectivity index (χ0v) is 15.9. The van der Waals surface area contributed by atoms with E-state index >= 15 is 0 Å². The van der Waals surface area contributed by atoms with Gasteiger partial charge in [0.1, 0.15) is 6.10 Å². The van der Waals surface area contributed by atoms with Gasteiger partial charge < -0.3 is 9.84 Å². The van der Waals surface area contributed by atoms with E-state index in [0.717, 1.165) is 24.5 Å². The third kappa shape index (κ3) is 4.07. The molecule has 26 heavy (non-hydrogen) atoms. The second kappa shape index (κ2) is 8.01. The summed E-state index contributed by atoms with van der Waals surface area (Å²) in [5, 5.41) is 10.5. The number of aromatic hydroxyl groups is 1. The molecule has 6 heteroatoms. The summed E-state index contributed by atoms with van der Waals surface area (Å²) in [5.41, 5.74) is 1.21. The van der Waals surface area contributed by atoms with Gasteiger partial charge in [0.15, 0.2) is 23.1 Å². The van der Waals surface area contributed by atoms with Crippen LogP contribution in [0.5, 0.6) is 11.5 Å². The molecule has 3 rings (SSSR count). The number of aryl methyl sites for hydroxylation is 1. The number of benzene rings is 2. The first-order valence-corrected chi connectivity index (χ1v) is 9.46.